The third-order valence-electron chi connectivity index (χ3n) is 2.22. The predicted molar refractivity (Wildman–Crippen MR) is 59.9 cm³/mol. The van der Waals surface area contributed by atoms with E-state index < -0.39 is 24.1 Å². The van der Waals surface area contributed by atoms with Gasteiger partial charge in [0.05, 0.1) is 0 Å². The summed E-state index contributed by atoms with van der Waals surface area (Å²) in [4.78, 5) is 11.5. The molecule has 0 radical (unpaired) electrons. The molecular formula is C11H13F3N2O2. The minimum absolute atomic E-state index is 0.152. The number of hydrogen-bond acceptors (Lipinski definition) is 3. The first-order chi connectivity index (χ1) is 8.43. The summed E-state index contributed by atoms with van der Waals surface area (Å²) in [6, 6.07) is 3.19. The van der Waals surface area contributed by atoms with Gasteiger partial charge < -0.3 is 15.8 Å². The van der Waals surface area contributed by atoms with Crippen LogP contribution in [-0.4, -0.2) is 19.1 Å². The van der Waals surface area contributed by atoms with Gasteiger partial charge in [0.2, 0.25) is 5.91 Å². The maximum atomic E-state index is 13.3. The van der Waals surface area contributed by atoms with E-state index in [0.29, 0.717) is 0 Å². The van der Waals surface area contributed by atoms with Crippen LogP contribution in [0.15, 0.2) is 18.2 Å². The maximum Gasteiger partial charge on any atom is 0.387 e. The van der Waals surface area contributed by atoms with Crippen molar-refractivity contribution in [2.24, 2.45) is 11.7 Å². The minimum atomic E-state index is -3.10. The lowest BCUT2D eigenvalue weighted by molar-refractivity contribution is -0.119. The molecule has 1 aromatic rings. The number of hydrogen-bond donors (Lipinski definition) is 2. The third kappa shape index (κ3) is 3.92. The van der Waals surface area contributed by atoms with E-state index in [0.717, 1.165) is 12.1 Å². The summed E-state index contributed by atoms with van der Waals surface area (Å²) in [6.45, 7) is -1.34. The summed E-state index contributed by atoms with van der Waals surface area (Å²) in [5.74, 6) is -2.35. The fourth-order valence-electron chi connectivity index (χ4n) is 1.14. The van der Waals surface area contributed by atoms with E-state index in [2.05, 4.69) is 10.1 Å². The fourth-order valence-corrected chi connectivity index (χ4v) is 1.14. The van der Waals surface area contributed by atoms with Crippen molar-refractivity contribution in [3.8, 4) is 5.75 Å². The molecule has 0 fully saturated rings. The van der Waals surface area contributed by atoms with Crippen LogP contribution in [0, 0.1) is 11.7 Å². The molecule has 18 heavy (non-hydrogen) atoms. The summed E-state index contributed by atoms with van der Waals surface area (Å²) in [6.07, 6.45) is 0. The fraction of sp³-hybridized carbons (Fsp3) is 0.364. The van der Waals surface area contributed by atoms with Crippen molar-refractivity contribution in [3.63, 3.8) is 0 Å². The molecule has 0 aliphatic heterocycles. The number of rotatable bonds is 5. The summed E-state index contributed by atoms with van der Waals surface area (Å²) in [5, 5.41) is 2.41. The highest BCUT2D eigenvalue weighted by molar-refractivity contribution is 5.92. The molecule has 1 unspecified atom stereocenters. The normalized spacial score (nSPS) is 12.3. The first-order valence-electron chi connectivity index (χ1n) is 5.19. The number of ether oxygens (including phenoxy) is 1. The van der Waals surface area contributed by atoms with Gasteiger partial charge in [-0.25, -0.2) is 4.39 Å². The topological polar surface area (TPSA) is 64.4 Å². The molecule has 0 spiro atoms. The number of carbonyl (C=O) groups is 1. The molecule has 1 atom stereocenters. The highest BCUT2D eigenvalue weighted by atomic mass is 19.3. The Morgan fingerprint density at radius 1 is 1.50 bits per heavy atom. The number of halogens is 3. The average molecular weight is 262 g/mol. The van der Waals surface area contributed by atoms with Crippen LogP contribution < -0.4 is 15.8 Å². The first kappa shape index (κ1) is 14.3. The molecule has 100 valence electrons. The largest absolute Gasteiger partial charge is 0.432 e. The maximum absolute atomic E-state index is 13.3. The van der Waals surface area contributed by atoms with E-state index in [9.17, 15) is 18.0 Å². The van der Waals surface area contributed by atoms with Crippen LogP contribution in [-0.2, 0) is 4.79 Å². The molecule has 0 aliphatic rings. The molecule has 0 saturated carbocycles. The number of nitrogens with one attached hydrogen (secondary N) is 1. The van der Waals surface area contributed by atoms with Gasteiger partial charge >= 0.3 is 6.61 Å². The first-order valence-corrected chi connectivity index (χ1v) is 5.19. The van der Waals surface area contributed by atoms with E-state index >= 15 is 0 Å². The molecule has 1 amide bonds. The zero-order valence-electron chi connectivity index (χ0n) is 9.62. The average Bonchev–Trinajstić information content (AvgIpc) is 2.31. The van der Waals surface area contributed by atoms with Crippen molar-refractivity contribution >= 4 is 11.6 Å². The highest BCUT2D eigenvalue weighted by Crippen LogP contribution is 2.23. The van der Waals surface area contributed by atoms with E-state index in [-0.39, 0.29) is 18.1 Å². The number of alkyl halides is 2. The van der Waals surface area contributed by atoms with Gasteiger partial charge in [0.15, 0.2) is 11.6 Å². The van der Waals surface area contributed by atoms with Crippen LogP contribution in [0.25, 0.3) is 0 Å². The smallest absolute Gasteiger partial charge is 0.387 e. The Bertz CT molecular complexity index is 427. The van der Waals surface area contributed by atoms with Crippen LogP contribution >= 0.6 is 0 Å². The molecule has 3 N–H and O–H groups in total. The standard InChI is InChI=1S/C11H13F3N2O2/c1-6(5-15)10(17)16-7-2-3-9(8(12)4-7)18-11(13)14/h2-4,6,11H,5,15H2,1H3,(H,16,17). The lowest BCUT2D eigenvalue weighted by Gasteiger charge is -2.11. The number of nitrogens with two attached hydrogens (primary N) is 1. The Labute approximate surface area is 102 Å². The molecule has 0 aromatic heterocycles. The van der Waals surface area contributed by atoms with Crippen LogP contribution in [0.3, 0.4) is 0 Å². The molecule has 1 rings (SSSR count). The second-order valence-electron chi connectivity index (χ2n) is 3.65. The van der Waals surface area contributed by atoms with Crippen molar-refractivity contribution in [2.45, 2.75) is 13.5 Å². The van der Waals surface area contributed by atoms with Gasteiger partial charge in [-0.05, 0) is 12.1 Å². The van der Waals surface area contributed by atoms with Gasteiger partial charge in [-0.3, -0.25) is 4.79 Å². The second kappa shape index (κ2) is 6.25. The zero-order chi connectivity index (χ0) is 13.7. The third-order valence-corrected chi connectivity index (χ3v) is 2.22. The van der Waals surface area contributed by atoms with Gasteiger partial charge in [0, 0.05) is 24.2 Å². The van der Waals surface area contributed by atoms with Gasteiger partial charge in [-0.15, -0.1) is 0 Å². The van der Waals surface area contributed by atoms with Gasteiger partial charge in [-0.2, -0.15) is 8.78 Å². The van der Waals surface area contributed by atoms with Crippen molar-refractivity contribution in [2.75, 3.05) is 11.9 Å². The number of amides is 1. The summed E-state index contributed by atoms with van der Waals surface area (Å²) >= 11 is 0. The van der Waals surface area contributed by atoms with E-state index in [1.165, 1.54) is 6.07 Å². The van der Waals surface area contributed by atoms with Crippen molar-refractivity contribution < 1.29 is 22.7 Å². The molecular weight excluding hydrogens is 249 g/mol. The molecule has 0 saturated heterocycles. The summed E-state index contributed by atoms with van der Waals surface area (Å²) < 4.78 is 41.0. The number of benzene rings is 1. The Hall–Kier alpha value is -1.76. The Morgan fingerprint density at radius 2 is 2.17 bits per heavy atom. The molecule has 1 aromatic carbocycles. The Kier molecular flexibility index (Phi) is 4.96. The second-order valence-corrected chi connectivity index (χ2v) is 3.65. The van der Waals surface area contributed by atoms with Crippen LogP contribution in [0.2, 0.25) is 0 Å². The lowest BCUT2D eigenvalue weighted by atomic mass is 10.1. The quantitative estimate of drug-likeness (QED) is 0.852. The van der Waals surface area contributed by atoms with Crippen molar-refractivity contribution in [1.29, 1.82) is 0 Å². The highest BCUT2D eigenvalue weighted by Gasteiger charge is 2.14. The van der Waals surface area contributed by atoms with Crippen LogP contribution in [0.1, 0.15) is 6.92 Å². The summed E-state index contributed by atoms with van der Waals surface area (Å²) in [5.41, 5.74) is 5.45. The molecule has 0 aliphatic carbocycles. The predicted octanol–water partition coefficient (Wildman–Crippen LogP) is 1.96. The van der Waals surface area contributed by atoms with Crippen molar-refractivity contribution in [3.05, 3.63) is 24.0 Å². The molecule has 4 nitrogen and oxygen atoms in total. The van der Waals surface area contributed by atoms with E-state index in [4.69, 9.17) is 5.73 Å². The van der Waals surface area contributed by atoms with Crippen LogP contribution in [0.5, 0.6) is 5.75 Å². The number of anilines is 1. The molecule has 7 heteroatoms. The van der Waals surface area contributed by atoms with Crippen LogP contribution in [0.4, 0.5) is 18.9 Å². The van der Waals surface area contributed by atoms with Gasteiger partial charge in [-0.1, -0.05) is 6.92 Å². The van der Waals surface area contributed by atoms with Gasteiger partial charge in [0.25, 0.3) is 0 Å². The van der Waals surface area contributed by atoms with E-state index in [1.54, 1.807) is 6.92 Å². The molecule has 0 bridgehead atoms. The summed E-state index contributed by atoms with van der Waals surface area (Å²) in [7, 11) is 0. The number of carbonyl (C=O) groups excluding carboxylic acids is 1. The Balaban J connectivity index is 2.75. The lowest BCUT2D eigenvalue weighted by Crippen LogP contribution is -2.26. The minimum Gasteiger partial charge on any atom is -0.432 e. The Morgan fingerprint density at radius 3 is 2.67 bits per heavy atom. The zero-order valence-corrected chi connectivity index (χ0v) is 9.62. The van der Waals surface area contributed by atoms with Gasteiger partial charge in [0.1, 0.15) is 0 Å². The molecule has 0 heterocycles. The SMILES string of the molecule is CC(CN)C(=O)Nc1ccc(OC(F)F)c(F)c1. The monoisotopic (exact) mass is 262 g/mol. The van der Waals surface area contributed by atoms with Crippen molar-refractivity contribution in [1.82, 2.24) is 0 Å². The van der Waals surface area contributed by atoms with E-state index in [1.807, 2.05) is 0 Å².